The van der Waals surface area contributed by atoms with Gasteiger partial charge in [0.25, 0.3) is 0 Å². The molecule has 0 aromatic carbocycles. The van der Waals surface area contributed by atoms with Crippen molar-refractivity contribution in [2.75, 3.05) is 37.7 Å². The van der Waals surface area contributed by atoms with Crippen LogP contribution in [0.3, 0.4) is 0 Å². The second-order valence-electron chi connectivity index (χ2n) is 5.20. The summed E-state index contributed by atoms with van der Waals surface area (Å²) >= 11 is 4.08. The zero-order chi connectivity index (χ0) is 12.2. The summed E-state index contributed by atoms with van der Waals surface area (Å²) in [6, 6.07) is 5.25. The van der Waals surface area contributed by atoms with E-state index >= 15 is 0 Å². The van der Waals surface area contributed by atoms with Crippen LogP contribution in [0.2, 0.25) is 0 Å². The number of nitrogens with one attached hydrogen (secondary N) is 1. The fraction of sp³-hybridized carbons (Fsp3) is 0.714. The summed E-state index contributed by atoms with van der Waals surface area (Å²) in [6.07, 6.45) is 2.80. The van der Waals surface area contributed by atoms with E-state index in [1.54, 1.807) is 4.88 Å². The number of halogens is 2. The lowest BCUT2D eigenvalue weighted by molar-refractivity contribution is 0.121. The van der Waals surface area contributed by atoms with E-state index in [2.05, 4.69) is 39.5 Å². The fourth-order valence-electron chi connectivity index (χ4n) is 3.16. The molecule has 0 aliphatic carbocycles. The fourth-order valence-corrected chi connectivity index (χ4v) is 5.26. The molecule has 0 amide bonds. The summed E-state index contributed by atoms with van der Waals surface area (Å²) in [5, 5.41) is 5.71. The summed E-state index contributed by atoms with van der Waals surface area (Å²) in [7, 11) is 0. The average molecular weight is 355 g/mol. The lowest BCUT2D eigenvalue weighted by Gasteiger charge is -2.40. The minimum absolute atomic E-state index is 0. The van der Waals surface area contributed by atoms with Gasteiger partial charge in [0.2, 0.25) is 0 Å². The molecule has 6 heteroatoms. The zero-order valence-electron chi connectivity index (χ0n) is 11.6. The summed E-state index contributed by atoms with van der Waals surface area (Å²) in [6.45, 7) is 4.74. The van der Waals surface area contributed by atoms with Gasteiger partial charge in [0.05, 0.1) is 0 Å². The highest BCUT2D eigenvalue weighted by molar-refractivity contribution is 7.99. The minimum atomic E-state index is 0. The lowest BCUT2D eigenvalue weighted by Crippen LogP contribution is -2.47. The molecular formula is C14H24Cl2N2S2. The third-order valence-corrected chi connectivity index (χ3v) is 6.08. The van der Waals surface area contributed by atoms with Gasteiger partial charge in [-0.2, -0.15) is 11.8 Å². The first-order valence-corrected chi connectivity index (χ1v) is 9.04. The van der Waals surface area contributed by atoms with E-state index in [9.17, 15) is 0 Å². The Morgan fingerprint density at radius 1 is 1.15 bits per heavy atom. The molecule has 1 aromatic heterocycles. The van der Waals surface area contributed by atoms with Crippen molar-refractivity contribution in [1.82, 2.24) is 10.2 Å². The molecule has 2 saturated heterocycles. The molecular weight excluding hydrogens is 331 g/mol. The Bertz CT molecular complexity index is 332. The highest BCUT2D eigenvalue weighted by Crippen LogP contribution is 2.39. The summed E-state index contributed by atoms with van der Waals surface area (Å²) in [5.74, 6) is 3.60. The second kappa shape index (κ2) is 9.54. The molecule has 1 N–H and O–H groups in total. The van der Waals surface area contributed by atoms with Crippen LogP contribution in [0.5, 0.6) is 0 Å². The van der Waals surface area contributed by atoms with Gasteiger partial charge in [-0.05, 0) is 41.7 Å². The summed E-state index contributed by atoms with van der Waals surface area (Å²) in [4.78, 5) is 4.32. The number of nitrogens with zero attached hydrogens (tertiary/aromatic N) is 1. The van der Waals surface area contributed by atoms with Crippen LogP contribution in [0.4, 0.5) is 0 Å². The van der Waals surface area contributed by atoms with Crippen LogP contribution in [-0.2, 0) is 0 Å². The van der Waals surface area contributed by atoms with Gasteiger partial charge >= 0.3 is 0 Å². The van der Waals surface area contributed by atoms with Gasteiger partial charge in [0.1, 0.15) is 0 Å². The largest absolute Gasteiger partial charge is 0.314 e. The van der Waals surface area contributed by atoms with Crippen LogP contribution in [0.25, 0.3) is 0 Å². The molecule has 3 rings (SSSR count). The number of hydrogen-bond acceptors (Lipinski definition) is 4. The van der Waals surface area contributed by atoms with Crippen LogP contribution in [-0.4, -0.2) is 42.6 Å². The molecule has 1 aromatic rings. The van der Waals surface area contributed by atoms with E-state index in [1.807, 2.05) is 11.3 Å². The van der Waals surface area contributed by atoms with E-state index < -0.39 is 0 Å². The van der Waals surface area contributed by atoms with Crippen molar-refractivity contribution in [3.05, 3.63) is 22.4 Å². The number of hydrogen-bond donors (Lipinski definition) is 1. The Balaban J connectivity index is 0.000001000. The van der Waals surface area contributed by atoms with Gasteiger partial charge in [-0.1, -0.05) is 6.07 Å². The predicted octanol–water partition coefficient (Wildman–Crippen LogP) is 3.68. The van der Waals surface area contributed by atoms with Crippen molar-refractivity contribution in [3.8, 4) is 0 Å². The van der Waals surface area contributed by atoms with Gasteiger partial charge in [0.15, 0.2) is 0 Å². The molecule has 2 aliphatic heterocycles. The third-order valence-electron chi connectivity index (χ3n) is 4.09. The predicted molar refractivity (Wildman–Crippen MR) is 96.0 cm³/mol. The van der Waals surface area contributed by atoms with Gasteiger partial charge < -0.3 is 5.32 Å². The Hall–Kier alpha value is 0.550. The Morgan fingerprint density at radius 3 is 2.45 bits per heavy atom. The van der Waals surface area contributed by atoms with Crippen LogP contribution in [0, 0.1) is 5.92 Å². The number of piperazine rings is 1. The lowest BCUT2D eigenvalue weighted by atomic mass is 9.91. The maximum absolute atomic E-state index is 3.48. The standard InChI is InChI=1S/C14H22N2S2.2ClH/c1-2-13(18-9-1)14(12-3-10-17-11-4-12)16-7-5-15-6-8-16;;/h1-2,9,12,14-15H,3-8,10-11H2;2*1H. The molecule has 2 aliphatic rings. The average Bonchev–Trinajstić information content (AvgIpc) is 2.95. The zero-order valence-corrected chi connectivity index (χ0v) is 14.9. The molecule has 116 valence electrons. The third kappa shape index (κ3) is 4.52. The molecule has 1 atom stereocenters. The smallest absolute Gasteiger partial charge is 0.0471 e. The second-order valence-corrected chi connectivity index (χ2v) is 7.40. The van der Waals surface area contributed by atoms with Crippen molar-refractivity contribution < 1.29 is 0 Å². The van der Waals surface area contributed by atoms with E-state index in [0.717, 1.165) is 19.0 Å². The van der Waals surface area contributed by atoms with E-state index in [0.29, 0.717) is 6.04 Å². The highest BCUT2D eigenvalue weighted by Gasteiger charge is 2.31. The molecule has 2 nitrogen and oxygen atoms in total. The first-order valence-electron chi connectivity index (χ1n) is 7.01. The first-order chi connectivity index (χ1) is 8.95. The van der Waals surface area contributed by atoms with Gasteiger partial charge in [-0.3, -0.25) is 4.90 Å². The van der Waals surface area contributed by atoms with Crippen LogP contribution < -0.4 is 5.32 Å². The molecule has 3 heterocycles. The van der Waals surface area contributed by atoms with Crippen molar-refractivity contribution in [2.24, 2.45) is 5.92 Å². The number of thioether (sulfide) groups is 1. The molecule has 0 radical (unpaired) electrons. The summed E-state index contributed by atoms with van der Waals surface area (Å²) in [5.41, 5.74) is 0. The molecule has 0 spiro atoms. The first kappa shape index (κ1) is 18.6. The van der Waals surface area contributed by atoms with Gasteiger partial charge in [0, 0.05) is 37.1 Å². The maximum atomic E-state index is 3.48. The number of thiophene rings is 1. The molecule has 0 saturated carbocycles. The van der Waals surface area contributed by atoms with Crippen LogP contribution in [0.1, 0.15) is 23.8 Å². The van der Waals surface area contributed by atoms with Crippen molar-refractivity contribution >= 4 is 47.9 Å². The number of rotatable bonds is 3. The van der Waals surface area contributed by atoms with Crippen molar-refractivity contribution in [2.45, 2.75) is 18.9 Å². The Morgan fingerprint density at radius 2 is 1.85 bits per heavy atom. The quantitative estimate of drug-likeness (QED) is 0.890. The Kier molecular flexibility index (Phi) is 8.87. The monoisotopic (exact) mass is 354 g/mol. The van der Waals surface area contributed by atoms with Gasteiger partial charge in [-0.15, -0.1) is 36.2 Å². The highest BCUT2D eigenvalue weighted by atomic mass is 35.5. The minimum Gasteiger partial charge on any atom is -0.314 e. The molecule has 0 bridgehead atoms. The topological polar surface area (TPSA) is 15.3 Å². The van der Waals surface area contributed by atoms with E-state index in [-0.39, 0.29) is 24.8 Å². The van der Waals surface area contributed by atoms with E-state index in [1.165, 1.54) is 37.4 Å². The van der Waals surface area contributed by atoms with E-state index in [4.69, 9.17) is 0 Å². The molecule has 20 heavy (non-hydrogen) atoms. The summed E-state index contributed by atoms with van der Waals surface area (Å²) < 4.78 is 0. The normalized spacial score (nSPS) is 22.6. The van der Waals surface area contributed by atoms with Crippen LogP contribution >= 0.6 is 47.9 Å². The SMILES string of the molecule is Cl.Cl.c1csc(C(C2CCSCC2)N2CCNCC2)c1. The molecule has 2 fully saturated rings. The van der Waals surface area contributed by atoms with Crippen LogP contribution in [0.15, 0.2) is 17.5 Å². The molecule has 1 unspecified atom stereocenters. The van der Waals surface area contributed by atoms with Crippen molar-refractivity contribution in [3.63, 3.8) is 0 Å². The maximum Gasteiger partial charge on any atom is 0.0471 e. The van der Waals surface area contributed by atoms with Gasteiger partial charge in [-0.25, -0.2) is 0 Å². The Labute approximate surface area is 142 Å². The van der Waals surface area contributed by atoms with Crippen molar-refractivity contribution in [1.29, 1.82) is 0 Å².